The van der Waals surface area contributed by atoms with Gasteiger partial charge in [-0.15, -0.1) is 0 Å². The Kier molecular flexibility index (Phi) is 4.77. The molecule has 2 N–H and O–H groups in total. The number of carboxylic acid groups (broad SMARTS) is 1. The normalized spacial score (nSPS) is 25.1. The Bertz CT molecular complexity index is 800. The van der Waals surface area contributed by atoms with Crippen molar-refractivity contribution in [3.05, 3.63) is 29.3 Å². The average molecular weight is 380 g/mol. The Hall–Kier alpha value is -1.48. The van der Waals surface area contributed by atoms with Crippen molar-refractivity contribution in [1.29, 1.82) is 0 Å². The zero-order chi connectivity index (χ0) is 18.3. The lowest BCUT2D eigenvalue weighted by Gasteiger charge is -2.42. The number of rotatable bonds is 8. The van der Waals surface area contributed by atoms with Crippen LogP contribution in [0.4, 0.5) is 0 Å². The van der Waals surface area contributed by atoms with Gasteiger partial charge in [-0.2, -0.15) is 0 Å². The molecule has 1 heterocycles. The third-order valence-electron chi connectivity index (χ3n) is 5.48. The minimum atomic E-state index is -3.57. The first-order valence-corrected chi connectivity index (χ1v) is 10.6. The van der Waals surface area contributed by atoms with E-state index in [2.05, 4.69) is 4.72 Å². The zero-order valence-corrected chi connectivity index (χ0v) is 15.4. The summed E-state index contributed by atoms with van der Waals surface area (Å²) in [6, 6.07) is 5.13. The molecule has 142 valence electrons. The molecule has 0 spiro atoms. The van der Waals surface area contributed by atoms with Crippen molar-refractivity contribution in [2.24, 2.45) is 5.92 Å². The second-order valence-corrected chi connectivity index (χ2v) is 9.35. The lowest BCUT2D eigenvalue weighted by molar-refractivity contribution is -0.139. The number of ether oxygens (including phenoxy) is 1. The van der Waals surface area contributed by atoms with E-state index in [4.69, 9.17) is 9.84 Å². The van der Waals surface area contributed by atoms with E-state index in [1.165, 1.54) is 12.8 Å². The van der Waals surface area contributed by atoms with Crippen molar-refractivity contribution < 1.29 is 23.1 Å². The molecule has 0 bridgehead atoms. The van der Waals surface area contributed by atoms with E-state index in [0.717, 1.165) is 17.7 Å². The molecule has 1 aromatic carbocycles. The number of nitrogens with zero attached hydrogens (tertiary/aromatic N) is 1. The largest absolute Gasteiger partial charge is 0.480 e. The van der Waals surface area contributed by atoms with Gasteiger partial charge in [0.1, 0.15) is 0 Å². The number of carboxylic acids is 1. The van der Waals surface area contributed by atoms with Gasteiger partial charge in [-0.05, 0) is 54.9 Å². The highest BCUT2D eigenvalue weighted by molar-refractivity contribution is 7.89. The summed E-state index contributed by atoms with van der Waals surface area (Å²) in [5.74, 6) is -0.214. The first kappa shape index (κ1) is 17.9. The van der Waals surface area contributed by atoms with Gasteiger partial charge in [-0.25, -0.2) is 13.1 Å². The fourth-order valence-electron chi connectivity index (χ4n) is 3.73. The molecule has 2 saturated carbocycles. The minimum absolute atomic E-state index is 0.0332. The number of benzene rings is 1. The lowest BCUT2D eigenvalue weighted by Crippen LogP contribution is -2.55. The Morgan fingerprint density at radius 2 is 1.96 bits per heavy atom. The topological polar surface area (TPSA) is 95.9 Å². The van der Waals surface area contributed by atoms with E-state index in [1.54, 1.807) is 12.1 Å². The molecule has 1 aliphatic heterocycles. The van der Waals surface area contributed by atoms with Crippen LogP contribution in [-0.4, -0.2) is 49.6 Å². The number of fused-ring (bicyclic) bond motifs is 1. The van der Waals surface area contributed by atoms with Gasteiger partial charge in [0.25, 0.3) is 0 Å². The van der Waals surface area contributed by atoms with Gasteiger partial charge >= 0.3 is 5.97 Å². The third-order valence-corrected chi connectivity index (χ3v) is 7.00. The number of nitrogens with one attached hydrogen (secondary N) is 1. The summed E-state index contributed by atoms with van der Waals surface area (Å²) >= 11 is 0. The van der Waals surface area contributed by atoms with Crippen LogP contribution in [0.15, 0.2) is 23.1 Å². The standard InChI is InChI=1S/C18H24N2O5S/c21-18(22)9-20(8-12-1-2-12)16-6-15(7-16)19-26(23,24)17-4-3-13-10-25-11-14(13)5-17/h3-5,12,15-16,19H,1-2,6-11H2,(H,21,22). The number of hydrogen-bond acceptors (Lipinski definition) is 5. The fraction of sp³-hybridized carbons (Fsp3) is 0.611. The molecule has 0 radical (unpaired) electrons. The molecule has 26 heavy (non-hydrogen) atoms. The molecule has 2 aliphatic carbocycles. The first-order valence-electron chi connectivity index (χ1n) is 9.08. The molecule has 0 aromatic heterocycles. The lowest BCUT2D eigenvalue weighted by atomic mass is 9.86. The smallest absolute Gasteiger partial charge is 0.317 e. The predicted molar refractivity (Wildman–Crippen MR) is 94.0 cm³/mol. The maximum atomic E-state index is 12.6. The molecular formula is C18H24N2O5S. The summed E-state index contributed by atoms with van der Waals surface area (Å²) < 4.78 is 33.3. The Morgan fingerprint density at radius 3 is 2.65 bits per heavy atom. The highest BCUT2D eigenvalue weighted by Crippen LogP contribution is 2.34. The molecular weight excluding hydrogens is 356 g/mol. The highest BCUT2D eigenvalue weighted by Gasteiger charge is 2.39. The molecule has 2 fully saturated rings. The third kappa shape index (κ3) is 3.93. The number of hydrogen-bond donors (Lipinski definition) is 2. The Morgan fingerprint density at radius 1 is 1.23 bits per heavy atom. The van der Waals surface area contributed by atoms with Gasteiger partial charge in [-0.1, -0.05) is 6.07 Å². The van der Waals surface area contributed by atoms with Gasteiger partial charge in [0.15, 0.2) is 0 Å². The van der Waals surface area contributed by atoms with Crippen LogP contribution in [0.1, 0.15) is 36.8 Å². The summed E-state index contributed by atoms with van der Waals surface area (Å²) in [6.07, 6.45) is 3.66. The molecule has 4 rings (SSSR count). The van der Waals surface area contributed by atoms with Crippen LogP contribution in [0.2, 0.25) is 0 Å². The molecule has 0 atom stereocenters. The highest BCUT2D eigenvalue weighted by atomic mass is 32.2. The number of aliphatic carboxylic acids is 1. The summed E-state index contributed by atoms with van der Waals surface area (Å²) in [6.45, 7) is 1.83. The van der Waals surface area contributed by atoms with Crippen molar-refractivity contribution in [2.75, 3.05) is 13.1 Å². The van der Waals surface area contributed by atoms with E-state index < -0.39 is 16.0 Å². The molecule has 0 amide bonds. The average Bonchev–Trinajstić information content (AvgIpc) is 3.22. The predicted octanol–water partition coefficient (Wildman–Crippen LogP) is 1.32. The summed E-state index contributed by atoms with van der Waals surface area (Å²) in [4.78, 5) is 13.3. The van der Waals surface area contributed by atoms with Crippen LogP contribution in [0.5, 0.6) is 0 Å². The van der Waals surface area contributed by atoms with Crippen molar-refractivity contribution >= 4 is 16.0 Å². The zero-order valence-electron chi connectivity index (χ0n) is 14.6. The number of sulfonamides is 1. The first-order chi connectivity index (χ1) is 12.4. The van der Waals surface area contributed by atoms with Crippen LogP contribution in [0, 0.1) is 5.92 Å². The Labute approximate surface area is 153 Å². The van der Waals surface area contributed by atoms with Gasteiger partial charge in [0.2, 0.25) is 10.0 Å². The van der Waals surface area contributed by atoms with E-state index in [0.29, 0.717) is 32.0 Å². The van der Waals surface area contributed by atoms with Gasteiger partial charge in [0.05, 0.1) is 24.7 Å². The second-order valence-electron chi connectivity index (χ2n) is 7.63. The van der Waals surface area contributed by atoms with Gasteiger partial charge in [0, 0.05) is 18.6 Å². The van der Waals surface area contributed by atoms with E-state index in [-0.39, 0.29) is 23.5 Å². The Balaban J connectivity index is 1.35. The SMILES string of the molecule is O=C(O)CN(CC1CC1)C1CC(NS(=O)(=O)c2ccc3c(c2)COC3)C1. The van der Waals surface area contributed by atoms with Crippen LogP contribution >= 0.6 is 0 Å². The monoisotopic (exact) mass is 380 g/mol. The molecule has 0 unspecified atom stereocenters. The van der Waals surface area contributed by atoms with Crippen molar-refractivity contribution in [2.45, 2.75) is 55.9 Å². The maximum Gasteiger partial charge on any atom is 0.317 e. The van der Waals surface area contributed by atoms with Crippen molar-refractivity contribution in [3.8, 4) is 0 Å². The quantitative estimate of drug-likeness (QED) is 0.706. The summed E-state index contributed by atoms with van der Waals surface area (Å²) in [7, 11) is -3.57. The molecule has 8 heteroatoms. The van der Waals surface area contributed by atoms with Crippen LogP contribution in [-0.2, 0) is 32.8 Å². The molecule has 3 aliphatic rings. The van der Waals surface area contributed by atoms with Crippen molar-refractivity contribution in [1.82, 2.24) is 9.62 Å². The van der Waals surface area contributed by atoms with Crippen LogP contribution in [0.3, 0.4) is 0 Å². The van der Waals surface area contributed by atoms with Gasteiger partial charge in [-0.3, -0.25) is 9.69 Å². The molecule has 1 aromatic rings. The van der Waals surface area contributed by atoms with Crippen LogP contribution in [0.25, 0.3) is 0 Å². The summed E-state index contributed by atoms with van der Waals surface area (Å²) in [5, 5.41) is 9.10. The maximum absolute atomic E-state index is 12.6. The van der Waals surface area contributed by atoms with E-state index in [9.17, 15) is 13.2 Å². The molecule has 7 nitrogen and oxygen atoms in total. The van der Waals surface area contributed by atoms with Gasteiger partial charge < -0.3 is 9.84 Å². The van der Waals surface area contributed by atoms with E-state index >= 15 is 0 Å². The van der Waals surface area contributed by atoms with Crippen molar-refractivity contribution in [3.63, 3.8) is 0 Å². The number of carbonyl (C=O) groups is 1. The fourth-order valence-corrected chi connectivity index (χ4v) is 5.05. The summed E-state index contributed by atoms with van der Waals surface area (Å²) in [5.41, 5.74) is 1.97. The second kappa shape index (κ2) is 6.92. The van der Waals surface area contributed by atoms with Crippen LogP contribution < -0.4 is 4.72 Å². The van der Waals surface area contributed by atoms with E-state index in [1.807, 2.05) is 11.0 Å². The minimum Gasteiger partial charge on any atom is -0.480 e. The molecule has 0 saturated heterocycles.